The highest BCUT2D eigenvalue weighted by molar-refractivity contribution is 7.17. The maximum absolute atomic E-state index is 13.1. The van der Waals surface area contributed by atoms with Crippen molar-refractivity contribution < 1.29 is 14.3 Å². The van der Waals surface area contributed by atoms with Crippen LogP contribution in [0.15, 0.2) is 36.4 Å². The Morgan fingerprint density at radius 1 is 1.31 bits per heavy atom. The van der Waals surface area contributed by atoms with Crippen molar-refractivity contribution in [3.63, 3.8) is 0 Å². The van der Waals surface area contributed by atoms with E-state index >= 15 is 0 Å². The van der Waals surface area contributed by atoms with E-state index in [1.807, 2.05) is 48.2 Å². The lowest BCUT2D eigenvalue weighted by molar-refractivity contribution is -0.121. The molecule has 1 aromatic carbocycles. The molecule has 3 rings (SSSR count). The fourth-order valence-corrected chi connectivity index (χ4v) is 4.27. The molecule has 26 heavy (non-hydrogen) atoms. The fraction of sp³-hybridized carbons (Fsp3) is 0.400. The largest absolute Gasteiger partial charge is 0.495 e. The Bertz CT molecular complexity index is 773. The third-order valence-corrected chi connectivity index (χ3v) is 5.72. The zero-order valence-corrected chi connectivity index (χ0v) is 16.0. The summed E-state index contributed by atoms with van der Waals surface area (Å²) in [6.45, 7) is 3.09. The van der Waals surface area contributed by atoms with E-state index in [1.54, 1.807) is 7.11 Å². The summed E-state index contributed by atoms with van der Waals surface area (Å²) in [5.41, 5.74) is 1.07. The zero-order valence-electron chi connectivity index (χ0n) is 15.2. The highest BCUT2D eigenvalue weighted by Gasteiger charge is 2.28. The molecule has 2 heterocycles. The molecule has 2 aromatic rings. The Hall–Kier alpha value is -2.34. The van der Waals surface area contributed by atoms with Gasteiger partial charge in [0.1, 0.15) is 10.6 Å². The standard InChI is InChI=1S/C20H24N2O3S/c1-3-18(23)21-15-10-7-11-22(13-15)20(24)19-16(25-2)12-17(26-19)14-8-5-4-6-9-14/h4-6,8-9,12,15H,3,7,10-11,13H2,1-2H3,(H,21,23). The number of amides is 2. The zero-order chi connectivity index (χ0) is 18.5. The Labute approximate surface area is 158 Å². The molecule has 1 saturated heterocycles. The number of hydrogen-bond donors (Lipinski definition) is 1. The molecule has 2 amide bonds. The minimum atomic E-state index is -0.0236. The van der Waals surface area contributed by atoms with Crippen LogP contribution in [0.4, 0.5) is 0 Å². The molecule has 0 bridgehead atoms. The fourth-order valence-electron chi connectivity index (χ4n) is 3.17. The van der Waals surface area contributed by atoms with Gasteiger partial charge in [0, 0.05) is 30.4 Å². The van der Waals surface area contributed by atoms with Crippen LogP contribution in [0.5, 0.6) is 5.75 Å². The van der Waals surface area contributed by atoms with Gasteiger partial charge in [0.05, 0.1) is 7.11 Å². The number of thiophene rings is 1. The number of methoxy groups -OCH3 is 1. The minimum Gasteiger partial charge on any atom is -0.495 e. The molecule has 0 saturated carbocycles. The average molecular weight is 372 g/mol. The maximum Gasteiger partial charge on any atom is 0.267 e. The van der Waals surface area contributed by atoms with Gasteiger partial charge in [-0.1, -0.05) is 37.3 Å². The van der Waals surface area contributed by atoms with Gasteiger partial charge >= 0.3 is 0 Å². The van der Waals surface area contributed by atoms with E-state index in [4.69, 9.17) is 4.74 Å². The monoisotopic (exact) mass is 372 g/mol. The van der Waals surface area contributed by atoms with Crippen molar-refractivity contribution in [2.24, 2.45) is 0 Å². The Balaban J connectivity index is 1.78. The van der Waals surface area contributed by atoms with E-state index < -0.39 is 0 Å². The lowest BCUT2D eigenvalue weighted by Gasteiger charge is -2.33. The van der Waals surface area contributed by atoms with Gasteiger partial charge in [0.2, 0.25) is 5.91 Å². The molecule has 0 radical (unpaired) electrons. The van der Waals surface area contributed by atoms with Crippen LogP contribution in [0.2, 0.25) is 0 Å². The van der Waals surface area contributed by atoms with Crippen LogP contribution >= 0.6 is 11.3 Å². The van der Waals surface area contributed by atoms with Gasteiger partial charge in [-0.15, -0.1) is 11.3 Å². The van der Waals surface area contributed by atoms with Crippen LogP contribution < -0.4 is 10.1 Å². The van der Waals surface area contributed by atoms with Gasteiger partial charge < -0.3 is 15.0 Å². The van der Waals surface area contributed by atoms with Crippen molar-refractivity contribution in [3.8, 4) is 16.2 Å². The summed E-state index contributed by atoms with van der Waals surface area (Å²) < 4.78 is 5.46. The molecule has 138 valence electrons. The smallest absolute Gasteiger partial charge is 0.267 e. The summed E-state index contributed by atoms with van der Waals surface area (Å²) in [4.78, 5) is 28.2. The molecule has 5 nitrogen and oxygen atoms in total. The summed E-state index contributed by atoms with van der Waals surface area (Å²) in [5.74, 6) is 0.618. The molecule has 1 aliphatic heterocycles. The van der Waals surface area contributed by atoms with E-state index in [9.17, 15) is 9.59 Å². The number of carbonyl (C=O) groups excluding carboxylic acids is 2. The van der Waals surface area contributed by atoms with Crippen LogP contribution in [0.1, 0.15) is 35.9 Å². The topological polar surface area (TPSA) is 58.6 Å². The van der Waals surface area contributed by atoms with Crippen molar-refractivity contribution in [3.05, 3.63) is 41.3 Å². The number of rotatable bonds is 5. The molecule has 1 fully saturated rings. The van der Waals surface area contributed by atoms with Crippen molar-refractivity contribution >= 4 is 23.2 Å². The number of carbonyl (C=O) groups is 2. The predicted molar refractivity (Wildman–Crippen MR) is 104 cm³/mol. The Morgan fingerprint density at radius 3 is 2.77 bits per heavy atom. The highest BCUT2D eigenvalue weighted by atomic mass is 32.1. The number of benzene rings is 1. The van der Waals surface area contributed by atoms with Gasteiger partial charge in [-0.25, -0.2) is 0 Å². The molecule has 1 aromatic heterocycles. The molecule has 1 N–H and O–H groups in total. The summed E-state index contributed by atoms with van der Waals surface area (Å²) in [7, 11) is 1.59. The van der Waals surface area contributed by atoms with Gasteiger partial charge in [-0.3, -0.25) is 9.59 Å². The first-order valence-electron chi connectivity index (χ1n) is 8.94. The van der Waals surface area contributed by atoms with Crippen LogP contribution in [0.25, 0.3) is 10.4 Å². The van der Waals surface area contributed by atoms with Crippen LogP contribution in [-0.2, 0) is 4.79 Å². The molecule has 0 spiro atoms. The van der Waals surface area contributed by atoms with Crippen LogP contribution in [-0.4, -0.2) is 43.0 Å². The minimum absolute atomic E-state index is 0.0236. The first-order chi connectivity index (χ1) is 12.6. The van der Waals surface area contributed by atoms with E-state index in [-0.39, 0.29) is 17.9 Å². The summed E-state index contributed by atoms with van der Waals surface area (Å²) in [6.07, 6.45) is 2.26. The van der Waals surface area contributed by atoms with Crippen molar-refractivity contribution in [1.82, 2.24) is 10.2 Å². The second-order valence-corrected chi connectivity index (χ2v) is 7.44. The van der Waals surface area contributed by atoms with Gasteiger partial charge in [-0.2, -0.15) is 0 Å². The molecule has 1 unspecified atom stereocenters. The average Bonchev–Trinajstić information content (AvgIpc) is 3.12. The molecular formula is C20H24N2O3S. The summed E-state index contributed by atoms with van der Waals surface area (Å²) >= 11 is 1.46. The Kier molecular flexibility index (Phi) is 5.93. The first kappa shape index (κ1) is 18.5. The van der Waals surface area contributed by atoms with E-state index in [0.717, 1.165) is 23.3 Å². The third kappa shape index (κ3) is 4.07. The number of ether oxygens (including phenoxy) is 1. The number of piperidine rings is 1. The van der Waals surface area contributed by atoms with Crippen molar-refractivity contribution in [2.45, 2.75) is 32.2 Å². The number of hydrogen-bond acceptors (Lipinski definition) is 4. The van der Waals surface area contributed by atoms with Crippen LogP contribution in [0.3, 0.4) is 0 Å². The molecule has 1 aliphatic rings. The summed E-state index contributed by atoms with van der Waals surface area (Å²) in [5, 5.41) is 3.00. The molecular weight excluding hydrogens is 348 g/mol. The highest BCUT2D eigenvalue weighted by Crippen LogP contribution is 2.37. The van der Waals surface area contributed by atoms with Gasteiger partial charge in [0.25, 0.3) is 5.91 Å². The van der Waals surface area contributed by atoms with Crippen LogP contribution in [0, 0.1) is 0 Å². The van der Waals surface area contributed by atoms with Crippen molar-refractivity contribution in [2.75, 3.05) is 20.2 Å². The second-order valence-electron chi connectivity index (χ2n) is 6.39. The molecule has 0 aliphatic carbocycles. The SMILES string of the molecule is CCC(=O)NC1CCCN(C(=O)c2sc(-c3ccccc3)cc2OC)C1. The number of likely N-dealkylation sites (tertiary alicyclic amines) is 1. The van der Waals surface area contributed by atoms with E-state index in [2.05, 4.69) is 5.32 Å². The first-order valence-corrected chi connectivity index (χ1v) is 9.76. The van der Waals surface area contributed by atoms with E-state index in [0.29, 0.717) is 30.1 Å². The van der Waals surface area contributed by atoms with Gasteiger partial charge in [0.15, 0.2) is 0 Å². The van der Waals surface area contributed by atoms with Gasteiger partial charge in [-0.05, 0) is 24.5 Å². The normalized spacial score (nSPS) is 17.0. The molecule has 1 atom stereocenters. The third-order valence-electron chi connectivity index (χ3n) is 4.57. The quantitative estimate of drug-likeness (QED) is 0.873. The van der Waals surface area contributed by atoms with E-state index in [1.165, 1.54) is 11.3 Å². The lowest BCUT2D eigenvalue weighted by Crippen LogP contribution is -2.49. The summed E-state index contributed by atoms with van der Waals surface area (Å²) in [6, 6.07) is 11.9. The number of nitrogens with one attached hydrogen (secondary N) is 1. The number of nitrogens with zero attached hydrogens (tertiary/aromatic N) is 1. The second kappa shape index (κ2) is 8.36. The maximum atomic E-state index is 13.1. The van der Waals surface area contributed by atoms with Crippen molar-refractivity contribution in [1.29, 1.82) is 0 Å². The predicted octanol–water partition coefficient (Wildman–Crippen LogP) is 3.55. The lowest BCUT2D eigenvalue weighted by atomic mass is 10.1. The Morgan fingerprint density at radius 2 is 2.08 bits per heavy atom. The molecule has 6 heteroatoms.